The molecule has 148 valence electrons. The summed E-state index contributed by atoms with van der Waals surface area (Å²) in [4.78, 5) is 14.2. The molecule has 1 aromatic carbocycles. The number of aromatic nitrogens is 2. The smallest absolute Gasteiger partial charge is 0.225 e. The van der Waals surface area contributed by atoms with Gasteiger partial charge in [0.2, 0.25) is 5.28 Å². The van der Waals surface area contributed by atoms with E-state index in [1.807, 2.05) is 0 Å². The highest BCUT2D eigenvalue weighted by Crippen LogP contribution is 2.44. The average Bonchev–Trinajstić information content (AvgIpc) is 3.06. The monoisotopic (exact) mass is 413 g/mol. The predicted octanol–water partition coefficient (Wildman–Crippen LogP) is 6.90. The molecule has 0 N–H and O–H groups in total. The maximum absolute atomic E-state index is 6.39. The lowest BCUT2D eigenvalue weighted by atomic mass is 9.95. The molecule has 5 heteroatoms. The van der Waals surface area contributed by atoms with Crippen molar-refractivity contribution in [1.29, 1.82) is 0 Å². The van der Waals surface area contributed by atoms with Gasteiger partial charge in [0.1, 0.15) is 10.6 Å². The van der Waals surface area contributed by atoms with Crippen molar-refractivity contribution in [2.24, 2.45) is 0 Å². The molecule has 28 heavy (non-hydrogen) atoms. The first-order chi connectivity index (χ1) is 13.5. The third kappa shape index (κ3) is 3.42. The van der Waals surface area contributed by atoms with Crippen molar-refractivity contribution in [3.8, 4) is 11.1 Å². The number of anilines is 1. The number of rotatable bonds is 4. The van der Waals surface area contributed by atoms with Crippen molar-refractivity contribution >= 4 is 39.0 Å². The number of halogens is 1. The van der Waals surface area contributed by atoms with Gasteiger partial charge in [0.15, 0.2) is 0 Å². The normalized spacial score (nSPS) is 20.1. The molecule has 1 fully saturated rings. The molecule has 0 saturated carbocycles. The van der Waals surface area contributed by atoms with Crippen LogP contribution in [0, 0.1) is 0 Å². The molecule has 0 aliphatic carbocycles. The Morgan fingerprint density at radius 3 is 2.32 bits per heavy atom. The maximum Gasteiger partial charge on any atom is 0.225 e. The first-order valence-corrected chi connectivity index (χ1v) is 11.6. The first kappa shape index (κ1) is 19.7. The van der Waals surface area contributed by atoms with Gasteiger partial charge in [0.25, 0.3) is 0 Å². The molecular weight excluding hydrogens is 386 g/mol. The fourth-order valence-electron chi connectivity index (χ4n) is 4.49. The maximum atomic E-state index is 6.39. The number of fused-ring (bicyclic) bond motifs is 1. The van der Waals surface area contributed by atoms with E-state index in [9.17, 15) is 0 Å². The fourth-order valence-corrected chi connectivity index (χ4v) is 5.83. The predicted molar refractivity (Wildman–Crippen MR) is 122 cm³/mol. The largest absolute Gasteiger partial charge is 0.351 e. The number of hydrogen-bond donors (Lipinski definition) is 0. The zero-order valence-electron chi connectivity index (χ0n) is 17.1. The molecule has 2 atom stereocenters. The van der Waals surface area contributed by atoms with Crippen LogP contribution in [0.2, 0.25) is 5.28 Å². The van der Waals surface area contributed by atoms with Gasteiger partial charge in [0, 0.05) is 22.5 Å². The molecule has 2 unspecified atom stereocenters. The van der Waals surface area contributed by atoms with E-state index < -0.39 is 0 Å². The summed E-state index contributed by atoms with van der Waals surface area (Å²) in [5, 5.41) is 1.53. The van der Waals surface area contributed by atoms with Crippen molar-refractivity contribution in [2.75, 3.05) is 4.90 Å². The van der Waals surface area contributed by atoms with Crippen LogP contribution in [0.1, 0.15) is 57.4 Å². The molecule has 1 aliphatic rings. The molecule has 0 amide bonds. The third-order valence-corrected chi connectivity index (χ3v) is 7.39. The van der Waals surface area contributed by atoms with Crippen LogP contribution in [0.15, 0.2) is 24.3 Å². The Morgan fingerprint density at radius 2 is 1.71 bits per heavy atom. The van der Waals surface area contributed by atoms with Gasteiger partial charge in [-0.3, -0.25) is 0 Å². The minimum Gasteiger partial charge on any atom is -0.351 e. The minimum atomic E-state index is 0.351. The van der Waals surface area contributed by atoms with E-state index in [4.69, 9.17) is 16.6 Å². The van der Waals surface area contributed by atoms with Crippen LogP contribution < -0.4 is 4.90 Å². The van der Waals surface area contributed by atoms with E-state index in [1.54, 1.807) is 11.3 Å². The van der Waals surface area contributed by atoms with E-state index in [0.29, 0.717) is 17.4 Å². The highest BCUT2D eigenvalue weighted by Gasteiger charge is 2.30. The molecule has 2 aromatic heterocycles. The molecular formula is C23H28ClN3S. The summed E-state index contributed by atoms with van der Waals surface area (Å²) < 4.78 is 0. The van der Waals surface area contributed by atoms with Crippen molar-refractivity contribution in [3.05, 3.63) is 40.0 Å². The van der Waals surface area contributed by atoms with Gasteiger partial charge in [-0.25, -0.2) is 4.98 Å². The summed E-state index contributed by atoms with van der Waals surface area (Å²) in [6, 6.07) is 9.89. The zero-order chi connectivity index (χ0) is 19.8. The summed E-state index contributed by atoms with van der Waals surface area (Å²) in [5.41, 5.74) is 3.91. The number of hydrogen-bond acceptors (Lipinski definition) is 4. The number of aryl methyl sites for hydroxylation is 2. The number of piperidine rings is 1. The van der Waals surface area contributed by atoms with E-state index in [2.05, 4.69) is 61.8 Å². The Labute approximate surface area is 176 Å². The van der Waals surface area contributed by atoms with E-state index in [0.717, 1.165) is 23.5 Å². The second kappa shape index (κ2) is 8.00. The third-order valence-electron chi connectivity index (χ3n) is 5.99. The van der Waals surface area contributed by atoms with Crippen LogP contribution in [-0.4, -0.2) is 22.1 Å². The molecule has 1 saturated heterocycles. The number of nitrogens with zero attached hydrogens (tertiary/aromatic N) is 3. The van der Waals surface area contributed by atoms with Gasteiger partial charge < -0.3 is 4.90 Å². The fraction of sp³-hybridized carbons (Fsp3) is 0.478. The topological polar surface area (TPSA) is 29.0 Å². The Kier molecular flexibility index (Phi) is 5.62. The van der Waals surface area contributed by atoms with Gasteiger partial charge in [-0.15, -0.1) is 11.3 Å². The van der Waals surface area contributed by atoms with Gasteiger partial charge in [0.05, 0.1) is 5.39 Å². The molecule has 3 heterocycles. The van der Waals surface area contributed by atoms with Gasteiger partial charge in [-0.1, -0.05) is 38.1 Å². The summed E-state index contributed by atoms with van der Waals surface area (Å²) in [5.74, 6) is 1.01. The van der Waals surface area contributed by atoms with E-state index in [-0.39, 0.29) is 0 Å². The van der Waals surface area contributed by atoms with Crippen molar-refractivity contribution in [2.45, 2.75) is 71.9 Å². The summed E-state index contributed by atoms with van der Waals surface area (Å²) in [6.45, 7) is 9.02. The first-order valence-electron chi connectivity index (χ1n) is 10.4. The van der Waals surface area contributed by atoms with Crippen LogP contribution in [0.3, 0.4) is 0 Å². The molecule has 1 aliphatic heterocycles. The molecule has 3 nitrogen and oxygen atoms in total. The molecule has 0 spiro atoms. The highest BCUT2D eigenvalue weighted by molar-refractivity contribution is 7.19. The average molecular weight is 414 g/mol. The quantitative estimate of drug-likeness (QED) is 0.435. The minimum absolute atomic E-state index is 0.351. The Bertz CT molecular complexity index is 970. The Hall–Kier alpha value is -1.65. The van der Waals surface area contributed by atoms with Gasteiger partial charge in [-0.2, -0.15) is 4.98 Å². The second-order valence-corrected chi connectivity index (χ2v) is 9.26. The standard InChI is InChI=1S/C23H28ClN3S/c1-5-16-10-12-17(13-11-16)19-18(6-2)28-22-20(19)21(25-23(24)26-22)27-14(3)8-7-9-15(27)4/h10-15H,5-9H2,1-4H3. The summed E-state index contributed by atoms with van der Waals surface area (Å²) >= 11 is 8.15. The SMILES string of the molecule is CCc1ccc(-c2c(CC)sc3nc(Cl)nc(N4C(C)CCCC4C)c23)cc1. The lowest BCUT2D eigenvalue weighted by Gasteiger charge is -2.40. The highest BCUT2D eigenvalue weighted by atomic mass is 35.5. The molecule has 0 bridgehead atoms. The zero-order valence-corrected chi connectivity index (χ0v) is 18.7. The van der Waals surface area contributed by atoms with Gasteiger partial charge in [-0.05, 0) is 68.7 Å². The molecule has 3 aromatic rings. The molecule has 0 radical (unpaired) electrons. The lowest BCUT2D eigenvalue weighted by Crippen LogP contribution is -2.44. The lowest BCUT2D eigenvalue weighted by molar-refractivity contribution is 0.412. The number of thiophene rings is 1. The van der Waals surface area contributed by atoms with Crippen LogP contribution in [-0.2, 0) is 12.8 Å². The van der Waals surface area contributed by atoms with Crippen molar-refractivity contribution in [1.82, 2.24) is 9.97 Å². The number of benzene rings is 1. The summed E-state index contributed by atoms with van der Waals surface area (Å²) in [7, 11) is 0. The second-order valence-electron chi connectivity index (χ2n) is 7.84. The molecule has 4 rings (SSSR count). The Balaban J connectivity index is 1.98. The van der Waals surface area contributed by atoms with Crippen LogP contribution in [0.25, 0.3) is 21.3 Å². The summed E-state index contributed by atoms with van der Waals surface area (Å²) in [6.07, 6.45) is 5.69. The van der Waals surface area contributed by atoms with Gasteiger partial charge >= 0.3 is 0 Å². The van der Waals surface area contributed by atoms with E-state index in [1.165, 1.54) is 46.2 Å². The van der Waals surface area contributed by atoms with Crippen LogP contribution >= 0.6 is 22.9 Å². The van der Waals surface area contributed by atoms with Crippen molar-refractivity contribution in [3.63, 3.8) is 0 Å². The van der Waals surface area contributed by atoms with Crippen LogP contribution in [0.5, 0.6) is 0 Å². The van der Waals surface area contributed by atoms with E-state index >= 15 is 0 Å². The Morgan fingerprint density at radius 1 is 1.04 bits per heavy atom. The van der Waals surface area contributed by atoms with Crippen molar-refractivity contribution < 1.29 is 0 Å². The van der Waals surface area contributed by atoms with Crippen LogP contribution in [0.4, 0.5) is 5.82 Å².